The van der Waals surface area contributed by atoms with Crippen LogP contribution in [-0.4, -0.2) is 29.9 Å². The fourth-order valence-corrected chi connectivity index (χ4v) is 1.90. The van der Waals surface area contributed by atoms with Gasteiger partial charge in [-0.2, -0.15) is 0 Å². The van der Waals surface area contributed by atoms with Gasteiger partial charge >= 0.3 is 5.97 Å². The van der Waals surface area contributed by atoms with Gasteiger partial charge in [-0.05, 0) is 18.2 Å². The number of carbonyl (C=O) groups is 1. The Morgan fingerprint density at radius 3 is 2.84 bits per heavy atom. The van der Waals surface area contributed by atoms with E-state index < -0.39 is 5.97 Å². The summed E-state index contributed by atoms with van der Waals surface area (Å²) < 4.78 is 6.13. The summed E-state index contributed by atoms with van der Waals surface area (Å²) in [5.74, 6) is -0.00193. The molecule has 19 heavy (non-hydrogen) atoms. The van der Waals surface area contributed by atoms with Crippen molar-refractivity contribution in [1.82, 2.24) is 9.78 Å². The van der Waals surface area contributed by atoms with E-state index in [1.165, 1.54) is 11.8 Å². The largest absolute Gasteiger partial charge is 0.465 e. The van der Waals surface area contributed by atoms with Gasteiger partial charge in [-0.3, -0.25) is 0 Å². The number of aromatic nitrogens is 2. The van der Waals surface area contributed by atoms with Crippen molar-refractivity contribution in [1.29, 1.82) is 0 Å². The molecule has 0 amide bonds. The Balaban J connectivity index is 2.60. The highest BCUT2D eigenvalue weighted by Crippen LogP contribution is 2.26. The second kappa shape index (κ2) is 5.19. The van der Waals surface area contributed by atoms with Gasteiger partial charge < -0.3 is 15.8 Å². The van der Waals surface area contributed by atoms with Crippen LogP contribution < -0.4 is 11.1 Å². The number of hydrogen-bond donors (Lipinski definition) is 2. The first-order valence-electron chi connectivity index (χ1n) is 5.49. The number of nitrogens with one attached hydrogen (secondary N) is 1. The van der Waals surface area contributed by atoms with Gasteiger partial charge in [0.2, 0.25) is 0 Å². The number of nitrogen functional groups attached to an aromatic ring is 1. The van der Waals surface area contributed by atoms with Gasteiger partial charge in [0.05, 0.1) is 12.8 Å². The van der Waals surface area contributed by atoms with Gasteiger partial charge in [0.1, 0.15) is 11.4 Å². The zero-order chi connectivity index (χ0) is 14.0. The van der Waals surface area contributed by atoms with Crippen LogP contribution in [0.2, 0.25) is 5.02 Å². The molecule has 3 N–H and O–H groups in total. The molecule has 0 unspecified atom stereocenters. The minimum atomic E-state index is -0.546. The maximum absolute atomic E-state index is 11.7. The Bertz CT molecular complexity index is 624. The zero-order valence-corrected chi connectivity index (χ0v) is 11.2. The molecular weight excluding hydrogens is 268 g/mol. The first kappa shape index (κ1) is 13.2. The molecule has 0 bridgehead atoms. The van der Waals surface area contributed by atoms with E-state index in [1.807, 2.05) is 0 Å². The van der Waals surface area contributed by atoms with Crippen LogP contribution in [0.4, 0.5) is 11.6 Å². The lowest BCUT2D eigenvalue weighted by Crippen LogP contribution is -2.08. The number of carbonyl (C=O) groups excluding carboxylic acids is 1. The van der Waals surface area contributed by atoms with Crippen LogP contribution >= 0.6 is 11.6 Å². The minimum absolute atomic E-state index is 0.193. The molecule has 2 rings (SSSR count). The third-order valence-corrected chi connectivity index (χ3v) is 2.84. The third kappa shape index (κ3) is 2.34. The quantitative estimate of drug-likeness (QED) is 0.840. The average molecular weight is 281 g/mol. The van der Waals surface area contributed by atoms with E-state index in [1.54, 1.807) is 31.3 Å². The molecule has 1 aromatic heterocycles. The fourth-order valence-electron chi connectivity index (χ4n) is 1.71. The van der Waals surface area contributed by atoms with Crippen molar-refractivity contribution in [3.63, 3.8) is 0 Å². The molecule has 0 radical (unpaired) electrons. The van der Waals surface area contributed by atoms with E-state index >= 15 is 0 Å². The molecule has 0 fully saturated rings. The number of halogens is 1. The van der Waals surface area contributed by atoms with Crippen molar-refractivity contribution in [2.45, 2.75) is 0 Å². The van der Waals surface area contributed by atoms with Crippen LogP contribution in [0, 0.1) is 0 Å². The molecule has 0 atom stereocenters. The molecule has 0 spiro atoms. The normalized spacial score (nSPS) is 10.3. The van der Waals surface area contributed by atoms with Crippen LogP contribution in [0.5, 0.6) is 0 Å². The van der Waals surface area contributed by atoms with E-state index in [2.05, 4.69) is 10.4 Å². The van der Waals surface area contributed by atoms with Crippen LogP contribution in [0.1, 0.15) is 10.4 Å². The summed E-state index contributed by atoms with van der Waals surface area (Å²) >= 11 is 5.93. The maximum atomic E-state index is 11.7. The van der Waals surface area contributed by atoms with Crippen LogP contribution in [0.25, 0.3) is 5.69 Å². The first-order chi connectivity index (χ1) is 9.08. The van der Waals surface area contributed by atoms with Crippen molar-refractivity contribution in [2.75, 3.05) is 25.2 Å². The maximum Gasteiger partial charge on any atom is 0.345 e. The molecule has 0 saturated heterocycles. The van der Waals surface area contributed by atoms with Gasteiger partial charge in [0.15, 0.2) is 5.82 Å². The second-order valence-electron chi connectivity index (χ2n) is 3.74. The minimum Gasteiger partial charge on any atom is -0.465 e. The number of anilines is 2. The molecule has 7 heteroatoms. The smallest absolute Gasteiger partial charge is 0.345 e. The van der Waals surface area contributed by atoms with Crippen LogP contribution in [0.15, 0.2) is 24.3 Å². The Kier molecular flexibility index (Phi) is 3.62. The van der Waals surface area contributed by atoms with E-state index in [9.17, 15) is 4.79 Å². The lowest BCUT2D eigenvalue weighted by Gasteiger charge is -2.04. The van der Waals surface area contributed by atoms with Gasteiger partial charge in [-0.15, -0.1) is 5.10 Å². The number of rotatable bonds is 3. The summed E-state index contributed by atoms with van der Waals surface area (Å²) in [6, 6.07) is 7.00. The monoisotopic (exact) mass is 280 g/mol. The Morgan fingerprint density at radius 2 is 2.26 bits per heavy atom. The standard InChI is InChI=1S/C12H13ClN4O2/c1-15-11-9(12(18)19-2)10(14)17(16-11)8-5-3-4-7(13)6-8/h3-6H,14H2,1-2H3,(H,15,16). The number of nitrogens with two attached hydrogens (primary N) is 1. The summed E-state index contributed by atoms with van der Waals surface area (Å²) in [6.45, 7) is 0. The highest BCUT2D eigenvalue weighted by atomic mass is 35.5. The number of hydrogen-bond acceptors (Lipinski definition) is 5. The average Bonchev–Trinajstić information content (AvgIpc) is 2.75. The molecule has 6 nitrogen and oxygen atoms in total. The molecule has 2 aromatic rings. The third-order valence-electron chi connectivity index (χ3n) is 2.60. The zero-order valence-electron chi connectivity index (χ0n) is 10.5. The van der Waals surface area contributed by atoms with Crippen molar-refractivity contribution in [2.24, 2.45) is 0 Å². The first-order valence-corrected chi connectivity index (χ1v) is 5.86. The van der Waals surface area contributed by atoms with Gasteiger partial charge in [-0.25, -0.2) is 9.48 Å². The van der Waals surface area contributed by atoms with Crippen molar-refractivity contribution < 1.29 is 9.53 Å². The number of nitrogens with zero attached hydrogens (tertiary/aromatic N) is 2. The topological polar surface area (TPSA) is 82.2 Å². The van der Waals surface area contributed by atoms with E-state index in [-0.39, 0.29) is 11.4 Å². The summed E-state index contributed by atoms with van der Waals surface area (Å²) in [7, 11) is 2.94. The van der Waals surface area contributed by atoms with E-state index in [0.29, 0.717) is 16.5 Å². The second-order valence-corrected chi connectivity index (χ2v) is 4.18. The number of benzene rings is 1. The highest BCUT2D eigenvalue weighted by Gasteiger charge is 2.22. The number of ether oxygens (including phenoxy) is 1. The number of esters is 1. The highest BCUT2D eigenvalue weighted by molar-refractivity contribution is 6.30. The van der Waals surface area contributed by atoms with Crippen LogP contribution in [-0.2, 0) is 4.74 Å². The van der Waals surface area contributed by atoms with Gasteiger partial charge in [0, 0.05) is 12.1 Å². The van der Waals surface area contributed by atoms with E-state index in [0.717, 1.165) is 0 Å². The lowest BCUT2D eigenvalue weighted by atomic mass is 10.3. The summed E-state index contributed by atoms with van der Waals surface area (Å²) in [5.41, 5.74) is 6.82. The molecular formula is C12H13ClN4O2. The predicted molar refractivity (Wildman–Crippen MR) is 73.9 cm³/mol. The Labute approximate surface area is 115 Å². The van der Waals surface area contributed by atoms with Gasteiger partial charge in [-0.1, -0.05) is 17.7 Å². The lowest BCUT2D eigenvalue weighted by molar-refractivity contribution is 0.0603. The summed E-state index contributed by atoms with van der Waals surface area (Å²) in [5, 5.41) is 7.59. The Hall–Kier alpha value is -2.21. The molecule has 0 aliphatic carbocycles. The molecule has 0 aliphatic rings. The predicted octanol–water partition coefficient (Wildman–Crippen LogP) is 1.94. The molecule has 0 aliphatic heterocycles. The molecule has 100 valence electrons. The van der Waals surface area contributed by atoms with Gasteiger partial charge in [0.25, 0.3) is 0 Å². The summed E-state index contributed by atoms with van der Waals surface area (Å²) in [4.78, 5) is 11.7. The van der Waals surface area contributed by atoms with Crippen molar-refractivity contribution in [3.05, 3.63) is 34.9 Å². The Morgan fingerprint density at radius 1 is 1.53 bits per heavy atom. The number of methoxy groups -OCH3 is 1. The van der Waals surface area contributed by atoms with Crippen molar-refractivity contribution in [3.8, 4) is 5.69 Å². The van der Waals surface area contributed by atoms with Crippen LogP contribution in [0.3, 0.4) is 0 Å². The van der Waals surface area contributed by atoms with Crippen molar-refractivity contribution >= 4 is 29.2 Å². The van der Waals surface area contributed by atoms with E-state index in [4.69, 9.17) is 22.1 Å². The SMILES string of the molecule is CNc1nn(-c2cccc(Cl)c2)c(N)c1C(=O)OC. The summed E-state index contributed by atoms with van der Waals surface area (Å²) in [6.07, 6.45) is 0. The molecule has 1 aromatic carbocycles. The fraction of sp³-hybridized carbons (Fsp3) is 0.167. The molecule has 0 saturated carbocycles. The molecule has 1 heterocycles.